The quantitative estimate of drug-likeness (QED) is 0.754. The standard InChI is InChI=1S/C11H9ClN2O3/c1-17-9(15)5-14-6-13-10-7(11(14)16)3-2-4-8(10)12/h2-4,6H,5H2,1H3. The Morgan fingerprint density at radius 1 is 1.53 bits per heavy atom. The van der Waals surface area contributed by atoms with Crippen molar-refractivity contribution >= 4 is 28.5 Å². The Morgan fingerprint density at radius 3 is 3.00 bits per heavy atom. The van der Waals surface area contributed by atoms with Gasteiger partial charge in [0.1, 0.15) is 6.54 Å². The van der Waals surface area contributed by atoms with E-state index >= 15 is 0 Å². The summed E-state index contributed by atoms with van der Waals surface area (Å²) in [6, 6.07) is 4.93. The van der Waals surface area contributed by atoms with Crippen molar-refractivity contribution in [3.05, 3.63) is 39.9 Å². The molecule has 0 bridgehead atoms. The maximum atomic E-state index is 12.0. The summed E-state index contributed by atoms with van der Waals surface area (Å²) < 4.78 is 5.68. The van der Waals surface area contributed by atoms with Gasteiger partial charge in [0.25, 0.3) is 5.56 Å². The van der Waals surface area contributed by atoms with Gasteiger partial charge in [-0.15, -0.1) is 0 Å². The topological polar surface area (TPSA) is 61.2 Å². The molecule has 0 aliphatic heterocycles. The minimum absolute atomic E-state index is 0.162. The number of hydrogen-bond acceptors (Lipinski definition) is 4. The lowest BCUT2D eigenvalue weighted by molar-refractivity contribution is -0.141. The Balaban J connectivity index is 2.59. The van der Waals surface area contributed by atoms with Crippen LogP contribution >= 0.6 is 11.6 Å². The molecule has 0 N–H and O–H groups in total. The van der Waals surface area contributed by atoms with Gasteiger partial charge in [-0.2, -0.15) is 0 Å². The third kappa shape index (κ3) is 2.14. The summed E-state index contributed by atoms with van der Waals surface area (Å²) in [4.78, 5) is 27.1. The van der Waals surface area contributed by atoms with E-state index in [0.717, 1.165) is 0 Å². The summed E-state index contributed by atoms with van der Waals surface area (Å²) in [5.41, 5.74) is 0.114. The Kier molecular flexibility index (Phi) is 3.10. The number of esters is 1. The lowest BCUT2D eigenvalue weighted by Gasteiger charge is -2.05. The predicted molar refractivity (Wildman–Crippen MR) is 63.0 cm³/mol. The molecule has 1 aromatic carbocycles. The zero-order chi connectivity index (χ0) is 12.4. The van der Waals surface area contributed by atoms with E-state index in [2.05, 4.69) is 9.72 Å². The molecule has 0 spiro atoms. The van der Waals surface area contributed by atoms with Crippen molar-refractivity contribution in [2.24, 2.45) is 0 Å². The normalized spacial score (nSPS) is 10.5. The molecule has 88 valence electrons. The molecule has 2 aromatic rings. The number of aromatic nitrogens is 2. The van der Waals surface area contributed by atoms with E-state index < -0.39 is 5.97 Å². The van der Waals surface area contributed by atoms with E-state index in [4.69, 9.17) is 11.6 Å². The van der Waals surface area contributed by atoms with Crippen LogP contribution in [0.1, 0.15) is 0 Å². The van der Waals surface area contributed by atoms with E-state index in [1.165, 1.54) is 18.0 Å². The molecule has 2 rings (SSSR count). The fourth-order valence-corrected chi connectivity index (χ4v) is 1.69. The highest BCUT2D eigenvalue weighted by atomic mass is 35.5. The minimum atomic E-state index is -0.504. The number of methoxy groups -OCH3 is 1. The maximum absolute atomic E-state index is 12.0. The summed E-state index contributed by atoms with van der Waals surface area (Å²) >= 11 is 5.91. The fourth-order valence-electron chi connectivity index (χ4n) is 1.47. The van der Waals surface area contributed by atoms with Crippen LogP contribution in [-0.2, 0) is 16.1 Å². The van der Waals surface area contributed by atoms with Gasteiger partial charge in [0.15, 0.2) is 0 Å². The lowest BCUT2D eigenvalue weighted by Crippen LogP contribution is -2.25. The van der Waals surface area contributed by atoms with Crippen molar-refractivity contribution in [2.75, 3.05) is 7.11 Å². The maximum Gasteiger partial charge on any atom is 0.325 e. The fraction of sp³-hybridized carbons (Fsp3) is 0.182. The second kappa shape index (κ2) is 4.55. The van der Waals surface area contributed by atoms with Gasteiger partial charge in [-0.05, 0) is 12.1 Å². The molecule has 1 heterocycles. The Bertz CT molecular complexity index is 636. The van der Waals surface area contributed by atoms with E-state index in [1.54, 1.807) is 18.2 Å². The summed E-state index contributed by atoms with van der Waals surface area (Å²) in [5.74, 6) is -0.504. The van der Waals surface area contributed by atoms with Crippen molar-refractivity contribution in [2.45, 2.75) is 6.54 Å². The van der Waals surface area contributed by atoms with Crippen LogP contribution in [0.15, 0.2) is 29.3 Å². The number of nitrogens with zero attached hydrogens (tertiary/aromatic N) is 2. The van der Waals surface area contributed by atoms with Crippen LogP contribution < -0.4 is 5.56 Å². The summed E-state index contributed by atoms with van der Waals surface area (Å²) in [6.45, 7) is -0.162. The highest BCUT2D eigenvalue weighted by Crippen LogP contribution is 2.17. The zero-order valence-corrected chi connectivity index (χ0v) is 9.77. The largest absolute Gasteiger partial charge is 0.468 e. The second-order valence-corrected chi connectivity index (χ2v) is 3.80. The molecular formula is C11H9ClN2O3. The van der Waals surface area contributed by atoms with E-state index in [-0.39, 0.29) is 12.1 Å². The van der Waals surface area contributed by atoms with E-state index in [1.807, 2.05) is 0 Å². The van der Waals surface area contributed by atoms with Crippen LogP contribution in [-0.4, -0.2) is 22.6 Å². The first-order valence-corrected chi connectivity index (χ1v) is 5.21. The summed E-state index contributed by atoms with van der Waals surface area (Å²) in [6.07, 6.45) is 1.29. The Hall–Kier alpha value is -1.88. The molecule has 5 nitrogen and oxygen atoms in total. The van der Waals surface area contributed by atoms with Gasteiger partial charge in [-0.25, -0.2) is 4.98 Å². The number of rotatable bonds is 2. The third-order valence-electron chi connectivity index (χ3n) is 2.33. The molecule has 0 aliphatic carbocycles. The highest BCUT2D eigenvalue weighted by Gasteiger charge is 2.09. The average molecular weight is 253 g/mol. The first kappa shape index (κ1) is 11.6. The zero-order valence-electron chi connectivity index (χ0n) is 9.01. The number of ether oxygens (including phenoxy) is 1. The van der Waals surface area contributed by atoms with Crippen molar-refractivity contribution in [3.63, 3.8) is 0 Å². The number of para-hydroxylation sites is 1. The summed E-state index contributed by atoms with van der Waals surface area (Å²) in [5, 5.41) is 0.786. The average Bonchev–Trinajstić information content (AvgIpc) is 2.33. The number of hydrogen-bond donors (Lipinski definition) is 0. The van der Waals surface area contributed by atoms with E-state index in [9.17, 15) is 9.59 Å². The van der Waals surface area contributed by atoms with Crippen LogP contribution in [0, 0.1) is 0 Å². The SMILES string of the molecule is COC(=O)Cn1cnc2c(Cl)cccc2c1=O. The number of carbonyl (C=O) groups excluding carboxylic acids is 1. The predicted octanol–water partition coefficient (Wildman–Crippen LogP) is 1.22. The molecule has 0 saturated heterocycles. The summed E-state index contributed by atoms with van der Waals surface area (Å²) in [7, 11) is 1.26. The highest BCUT2D eigenvalue weighted by molar-refractivity contribution is 6.34. The van der Waals surface area contributed by atoms with E-state index in [0.29, 0.717) is 15.9 Å². The molecule has 0 fully saturated rings. The van der Waals surface area contributed by atoms with Crippen molar-refractivity contribution < 1.29 is 9.53 Å². The van der Waals surface area contributed by atoms with Gasteiger partial charge >= 0.3 is 5.97 Å². The Labute approximate surface area is 102 Å². The number of carbonyl (C=O) groups is 1. The molecule has 0 aliphatic rings. The van der Waals surface area contributed by atoms with Gasteiger partial charge in [0.2, 0.25) is 0 Å². The first-order chi connectivity index (χ1) is 8.13. The number of halogens is 1. The first-order valence-electron chi connectivity index (χ1n) is 4.84. The minimum Gasteiger partial charge on any atom is -0.468 e. The van der Waals surface area contributed by atoms with Gasteiger partial charge in [0.05, 0.1) is 29.4 Å². The van der Waals surface area contributed by atoms with Crippen LogP contribution in [0.25, 0.3) is 10.9 Å². The number of fused-ring (bicyclic) bond motifs is 1. The van der Waals surface area contributed by atoms with Crippen LogP contribution in [0.3, 0.4) is 0 Å². The molecule has 0 atom stereocenters. The van der Waals surface area contributed by atoms with Crippen molar-refractivity contribution in [3.8, 4) is 0 Å². The molecule has 0 saturated carbocycles. The molecule has 0 radical (unpaired) electrons. The molecule has 17 heavy (non-hydrogen) atoms. The molecule has 0 amide bonds. The van der Waals surface area contributed by atoms with Crippen LogP contribution in [0.4, 0.5) is 0 Å². The number of benzene rings is 1. The second-order valence-electron chi connectivity index (χ2n) is 3.39. The van der Waals surface area contributed by atoms with Gasteiger partial charge in [-0.3, -0.25) is 14.2 Å². The molecular weight excluding hydrogens is 244 g/mol. The Morgan fingerprint density at radius 2 is 2.29 bits per heavy atom. The van der Waals surface area contributed by atoms with Gasteiger partial charge in [0, 0.05) is 0 Å². The monoisotopic (exact) mass is 252 g/mol. The van der Waals surface area contributed by atoms with Crippen molar-refractivity contribution in [1.29, 1.82) is 0 Å². The third-order valence-corrected chi connectivity index (χ3v) is 2.64. The lowest BCUT2D eigenvalue weighted by atomic mass is 10.2. The van der Waals surface area contributed by atoms with Crippen LogP contribution in [0.2, 0.25) is 5.02 Å². The molecule has 1 aromatic heterocycles. The molecule has 6 heteroatoms. The van der Waals surface area contributed by atoms with Gasteiger partial charge in [-0.1, -0.05) is 17.7 Å². The van der Waals surface area contributed by atoms with Crippen LogP contribution in [0.5, 0.6) is 0 Å². The molecule has 0 unspecified atom stereocenters. The smallest absolute Gasteiger partial charge is 0.325 e. The van der Waals surface area contributed by atoms with Crippen molar-refractivity contribution in [1.82, 2.24) is 9.55 Å². The van der Waals surface area contributed by atoms with Gasteiger partial charge < -0.3 is 4.74 Å².